The highest BCUT2D eigenvalue weighted by molar-refractivity contribution is 5.78. The third kappa shape index (κ3) is 5.46. The van der Waals surface area contributed by atoms with Gasteiger partial charge in [-0.2, -0.15) is 0 Å². The molecule has 2 N–H and O–H groups in total. The molecule has 0 saturated carbocycles. The summed E-state index contributed by atoms with van der Waals surface area (Å²) in [6.45, 7) is 5.21. The van der Waals surface area contributed by atoms with Gasteiger partial charge in [-0.05, 0) is 25.1 Å². The summed E-state index contributed by atoms with van der Waals surface area (Å²) in [7, 11) is 0. The van der Waals surface area contributed by atoms with E-state index >= 15 is 0 Å². The van der Waals surface area contributed by atoms with Crippen molar-refractivity contribution in [1.29, 1.82) is 0 Å². The van der Waals surface area contributed by atoms with Gasteiger partial charge in [0.2, 0.25) is 5.91 Å². The Bertz CT molecular complexity index is 417. The Kier molecular flexibility index (Phi) is 6.66. The average molecular weight is 291 g/mol. The van der Waals surface area contributed by atoms with Crippen LogP contribution >= 0.6 is 0 Å². The van der Waals surface area contributed by atoms with Crippen LogP contribution in [-0.2, 0) is 11.3 Å². The molecule has 1 aromatic rings. The zero-order valence-electron chi connectivity index (χ0n) is 12.5. The molecule has 1 aliphatic heterocycles. The number of hydrogen-bond acceptors (Lipinski definition) is 4. The number of rotatable bonds is 6. The van der Waals surface area contributed by atoms with Crippen LogP contribution in [0.4, 0.5) is 0 Å². The van der Waals surface area contributed by atoms with Crippen molar-refractivity contribution in [2.45, 2.75) is 13.0 Å². The Balaban J connectivity index is 1.91. The summed E-state index contributed by atoms with van der Waals surface area (Å²) in [5.74, 6) is 0.0924. The van der Waals surface area contributed by atoms with Gasteiger partial charge < -0.3 is 15.3 Å². The number of nitrogens with zero attached hydrogens (tertiary/aromatic N) is 2. The van der Waals surface area contributed by atoms with E-state index in [0.717, 1.165) is 38.2 Å². The lowest BCUT2D eigenvalue weighted by Gasteiger charge is -2.26. The molecule has 1 aromatic carbocycles. The Hall–Kier alpha value is -1.43. The van der Waals surface area contributed by atoms with Crippen LogP contribution in [0.25, 0.3) is 0 Å². The van der Waals surface area contributed by atoms with Crippen molar-refractivity contribution in [3.05, 3.63) is 35.9 Å². The summed E-state index contributed by atoms with van der Waals surface area (Å²) in [5.41, 5.74) is 1.09. The van der Waals surface area contributed by atoms with Crippen molar-refractivity contribution in [2.75, 3.05) is 45.9 Å². The number of benzene rings is 1. The van der Waals surface area contributed by atoms with Crippen LogP contribution in [0.1, 0.15) is 12.0 Å². The van der Waals surface area contributed by atoms with Crippen molar-refractivity contribution in [1.82, 2.24) is 15.1 Å². The van der Waals surface area contributed by atoms with E-state index in [1.165, 1.54) is 0 Å². The summed E-state index contributed by atoms with van der Waals surface area (Å²) in [6, 6.07) is 9.92. The van der Waals surface area contributed by atoms with Gasteiger partial charge in [-0.15, -0.1) is 0 Å². The van der Waals surface area contributed by atoms with Crippen LogP contribution in [0.2, 0.25) is 0 Å². The van der Waals surface area contributed by atoms with Gasteiger partial charge in [0.25, 0.3) is 0 Å². The summed E-state index contributed by atoms with van der Waals surface area (Å²) < 4.78 is 0. The number of carbonyl (C=O) groups excluding carboxylic acids is 1. The Morgan fingerprint density at radius 3 is 2.81 bits per heavy atom. The third-order valence-electron chi connectivity index (χ3n) is 3.73. The first-order valence-electron chi connectivity index (χ1n) is 7.65. The Labute approximate surface area is 126 Å². The molecule has 0 atom stereocenters. The molecule has 116 valence electrons. The molecule has 0 aromatic heterocycles. The first kappa shape index (κ1) is 15.9. The van der Waals surface area contributed by atoms with Crippen molar-refractivity contribution >= 4 is 5.91 Å². The summed E-state index contributed by atoms with van der Waals surface area (Å²) in [5, 5.41) is 12.5. The predicted molar refractivity (Wildman–Crippen MR) is 82.9 cm³/mol. The van der Waals surface area contributed by atoms with Gasteiger partial charge in [-0.3, -0.25) is 9.69 Å². The first-order chi connectivity index (χ1) is 10.3. The third-order valence-corrected chi connectivity index (χ3v) is 3.73. The normalized spacial score (nSPS) is 16.4. The lowest BCUT2D eigenvalue weighted by Crippen LogP contribution is -2.42. The molecule has 5 heteroatoms. The molecule has 1 heterocycles. The predicted octanol–water partition coefficient (Wildman–Crippen LogP) is 0.303. The van der Waals surface area contributed by atoms with Gasteiger partial charge in [0, 0.05) is 26.2 Å². The number of nitrogens with one attached hydrogen (secondary N) is 1. The van der Waals surface area contributed by atoms with Gasteiger partial charge >= 0.3 is 0 Å². The van der Waals surface area contributed by atoms with Gasteiger partial charge in [0.1, 0.15) is 0 Å². The van der Waals surface area contributed by atoms with Crippen molar-refractivity contribution in [3.63, 3.8) is 0 Å². The molecule has 0 radical (unpaired) electrons. The maximum Gasteiger partial charge on any atom is 0.237 e. The molecule has 0 unspecified atom stereocenters. The summed E-state index contributed by atoms with van der Waals surface area (Å²) in [4.78, 5) is 16.4. The highest BCUT2D eigenvalue weighted by Gasteiger charge is 2.18. The van der Waals surface area contributed by atoms with Crippen LogP contribution in [0.15, 0.2) is 30.3 Å². The minimum Gasteiger partial charge on any atom is -0.395 e. The van der Waals surface area contributed by atoms with E-state index in [2.05, 4.69) is 10.2 Å². The topological polar surface area (TPSA) is 55.8 Å². The second-order valence-corrected chi connectivity index (χ2v) is 5.40. The standard InChI is InChI=1S/C16H25N3O2/c20-12-11-19(13-15-5-2-1-3-6-15)16(21)14-18-9-4-7-17-8-10-18/h1-3,5-6,17,20H,4,7-14H2. The van der Waals surface area contributed by atoms with E-state index < -0.39 is 0 Å². The molecule has 1 fully saturated rings. The molecule has 0 bridgehead atoms. The number of aliphatic hydroxyl groups excluding tert-OH is 1. The Morgan fingerprint density at radius 2 is 2.05 bits per heavy atom. The number of amides is 1. The highest BCUT2D eigenvalue weighted by atomic mass is 16.3. The van der Waals surface area contributed by atoms with Crippen LogP contribution in [0, 0.1) is 0 Å². The second kappa shape index (κ2) is 8.77. The molecular weight excluding hydrogens is 266 g/mol. The summed E-state index contributed by atoms with van der Waals surface area (Å²) in [6.07, 6.45) is 1.08. The van der Waals surface area contributed by atoms with Crippen LogP contribution in [0.5, 0.6) is 0 Å². The number of aliphatic hydroxyl groups is 1. The SMILES string of the molecule is O=C(CN1CCCNCC1)N(CCO)Cc1ccccc1. The monoisotopic (exact) mass is 291 g/mol. The van der Waals surface area contributed by atoms with Gasteiger partial charge in [-0.25, -0.2) is 0 Å². The molecule has 5 nitrogen and oxygen atoms in total. The fraction of sp³-hybridized carbons (Fsp3) is 0.562. The highest BCUT2D eigenvalue weighted by Crippen LogP contribution is 2.06. The quantitative estimate of drug-likeness (QED) is 0.792. The molecule has 0 spiro atoms. The minimum atomic E-state index is 0.000128. The number of carbonyl (C=O) groups is 1. The van der Waals surface area contributed by atoms with Crippen LogP contribution in [-0.4, -0.2) is 66.7 Å². The van der Waals surface area contributed by atoms with E-state index in [0.29, 0.717) is 19.6 Å². The maximum atomic E-state index is 12.5. The molecule has 1 saturated heterocycles. The summed E-state index contributed by atoms with van der Waals surface area (Å²) >= 11 is 0. The second-order valence-electron chi connectivity index (χ2n) is 5.40. The van der Waals surface area contributed by atoms with Crippen molar-refractivity contribution in [2.24, 2.45) is 0 Å². The molecule has 1 aliphatic rings. The van der Waals surface area contributed by atoms with E-state index in [1.54, 1.807) is 4.90 Å². The van der Waals surface area contributed by atoms with Gasteiger partial charge in [0.15, 0.2) is 0 Å². The molecular formula is C16H25N3O2. The molecule has 0 aliphatic carbocycles. The lowest BCUT2D eigenvalue weighted by atomic mass is 10.2. The molecule has 1 amide bonds. The Morgan fingerprint density at radius 1 is 1.24 bits per heavy atom. The maximum absolute atomic E-state index is 12.5. The fourth-order valence-electron chi connectivity index (χ4n) is 2.57. The lowest BCUT2D eigenvalue weighted by molar-refractivity contribution is -0.133. The zero-order valence-corrected chi connectivity index (χ0v) is 12.5. The minimum absolute atomic E-state index is 0.000128. The van der Waals surface area contributed by atoms with E-state index in [-0.39, 0.29) is 12.5 Å². The molecule has 2 rings (SSSR count). The smallest absolute Gasteiger partial charge is 0.237 e. The van der Waals surface area contributed by atoms with Gasteiger partial charge in [0.05, 0.1) is 13.2 Å². The van der Waals surface area contributed by atoms with Gasteiger partial charge in [-0.1, -0.05) is 30.3 Å². The van der Waals surface area contributed by atoms with E-state index in [1.807, 2.05) is 30.3 Å². The molecule has 21 heavy (non-hydrogen) atoms. The van der Waals surface area contributed by atoms with Crippen molar-refractivity contribution in [3.8, 4) is 0 Å². The average Bonchev–Trinajstić information content (AvgIpc) is 2.76. The van der Waals surface area contributed by atoms with Crippen molar-refractivity contribution < 1.29 is 9.90 Å². The zero-order chi connectivity index (χ0) is 14.9. The van der Waals surface area contributed by atoms with Crippen LogP contribution in [0.3, 0.4) is 0 Å². The first-order valence-corrected chi connectivity index (χ1v) is 7.65. The van der Waals surface area contributed by atoms with E-state index in [9.17, 15) is 9.90 Å². The largest absolute Gasteiger partial charge is 0.395 e. The van der Waals surface area contributed by atoms with Crippen LogP contribution < -0.4 is 5.32 Å². The fourth-order valence-corrected chi connectivity index (χ4v) is 2.57. The van der Waals surface area contributed by atoms with E-state index in [4.69, 9.17) is 0 Å². The number of hydrogen-bond donors (Lipinski definition) is 2.